The van der Waals surface area contributed by atoms with Gasteiger partial charge in [0.25, 0.3) is 0 Å². The molecule has 0 bridgehead atoms. The number of hydrogen-bond donors (Lipinski definition) is 2. The van der Waals surface area contributed by atoms with Crippen LogP contribution in [-0.4, -0.2) is 49.3 Å². The zero-order valence-electron chi connectivity index (χ0n) is 12.4. The quantitative estimate of drug-likeness (QED) is 0.713. The number of nitrogens with one attached hydrogen (secondary N) is 2. The number of hydrogen-bond acceptors (Lipinski definition) is 4. The molecule has 4 nitrogen and oxygen atoms in total. The summed E-state index contributed by atoms with van der Waals surface area (Å²) in [5.74, 6) is 2.84. The lowest BCUT2D eigenvalue weighted by Gasteiger charge is -2.23. The molecule has 1 aliphatic heterocycles. The standard InChI is InChI=1S/C14H28N2O2S/c1-4-18-13(11(2)3)5-6-16-14(17)9-12-10-19-8-7-15-12/h11-13,15H,4-10H2,1-3H3,(H,16,17). The van der Waals surface area contributed by atoms with Crippen LogP contribution in [0, 0.1) is 5.92 Å². The molecule has 2 atom stereocenters. The van der Waals surface area contributed by atoms with Crippen LogP contribution in [0.4, 0.5) is 0 Å². The van der Waals surface area contributed by atoms with Crippen molar-refractivity contribution in [3.63, 3.8) is 0 Å². The van der Waals surface area contributed by atoms with Crippen molar-refractivity contribution in [1.82, 2.24) is 10.6 Å². The summed E-state index contributed by atoms with van der Waals surface area (Å²) in [7, 11) is 0. The normalized spacial score (nSPS) is 21.4. The van der Waals surface area contributed by atoms with Crippen LogP contribution in [0.2, 0.25) is 0 Å². The lowest BCUT2D eigenvalue weighted by atomic mass is 10.0. The van der Waals surface area contributed by atoms with Gasteiger partial charge in [-0.1, -0.05) is 13.8 Å². The summed E-state index contributed by atoms with van der Waals surface area (Å²) in [6, 6.07) is 0.339. The molecule has 0 saturated carbocycles. The number of carbonyl (C=O) groups is 1. The van der Waals surface area contributed by atoms with Crippen molar-refractivity contribution in [2.24, 2.45) is 5.92 Å². The minimum absolute atomic E-state index is 0.152. The molecule has 1 saturated heterocycles. The fraction of sp³-hybridized carbons (Fsp3) is 0.929. The van der Waals surface area contributed by atoms with E-state index < -0.39 is 0 Å². The van der Waals surface area contributed by atoms with Crippen molar-refractivity contribution in [3.8, 4) is 0 Å². The van der Waals surface area contributed by atoms with Crippen molar-refractivity contribution in [3.05, 3.63) is 0 Å². The third-order valence-corrected chi connectivity index (χ3v) is 4.44. The highest BCUT2D eigenvalue weighted by atomic mass is 32.2. The zero-order chi connectivity index (χ0) is 14.1. The summed E-state index contributed by atoms with van der Waals surface area (Å²) in [5, 5.41) is 6.39. The molecule has 0 aliphatic carbocycles. The second-order valence-corrected chi connectivity index (χ2v) is 6.46. The molecule has 5 heteroatoms. The molecule has 0 spiro atoms. The summed E-state index contributed by atoms with van der Waals surface area (Å²) in [6.45, 7) is 8.79. The molecular weight excluding hydrogens is 260 g/mol. The van der Waals surface area contributed by atoms with Gasteiger partial charge in [0, 0.05) is 43.7 Å². The van der Waals surface area contributed by atoms with Gasteiger partial charge in [-0.15, -0.1) is 0 Å². The van der Waals surface area contributed by atoms with Crippen LogP contribution in [-0.2, 0) is 9.53 Å². The maximum atomic E-state index is 11.8. The van der Waals surface area contributed by atoms with Crippen LogP contribution >= 0.6 is 11.8 Å². The van der Waals surface area contributed by atoms with E-state index in [0.717, 1.165) is 31.1 Å². The summed E-state index contributed by atoms with van der Waals surface area (Å²) in [4.78, 5) is 11.8. The van der Waals surface area contributed by atoms with E-state index in [9.17, 15) is 4.79 Å². The number of carbonyl (C=O) groups excluding carboxylic acids is 1. The van der Waals surface area contributed by atoms with E-state index in [-0.39, 0.29) is 12.0 Å². The Kier molecular flexibility index (Phi) is 8.50. The Morgan fingerprint density at radius 1 is 1.53 bits per heavy atom. The first kappa shape index (κ1) is 16.8. The van der Waals surface area contributed by atoms with Gasteiger partial charge < -0.3 is 15.4 Å². The SMILES string of the molecule is CCOC(CCNC(=O)CC1CSCCN1)C(C)C. The van der Waals surface area contributed by atoms with E-state index >= 15 is 0 Å². The van der Waals surface area contributed by atoms with Crippen LogP contribution in [0.3, 0.4) is 0 Å². The van der Waals surface area contributed by atoms with Crippen LogP contribution in [0.1, 0.15) is 33.6 Å². The highest BCUT2D eigenvalue weighted by molar-refractivity contribution is 7.99. The molecule has 2 N–H and O–H groups in total. The second-order valence-electron chi connectivity index (χ2n) is 5.31. The van der Waals surface area contributed by atoms with Gasteiger partial charge in [-0.05, 0) is 19.3 Å². The molecule has 0 aromatic heterocycles. The van der Waals surface area contributed by atoms with Crippen molar-refractivity contribution >= 4 is 17.7 Å². The van der Waals surface area contributed by atoms with Gasteiger partial charge in [-0.2, -0.15) is 11.8 Å². The smallest absolute Gasteiger partial charge is 0.221 e. The van der Waals surface area contributed by atoms with Crippen molar-refractivity contribution < 1.29 is 9.53 Å². The van der Waals surface area contributed by atoms with Gasteiger partial charge in [0.15, 0.2) is 0 Å². The predicted molar refractivity (Wildman–Crippen MR) is 81.6 cm³/mol. The molecule has 0 aromatic carbocycles. The van der Waals surface area contributed by atoms with E-state index in [4.69, 9.17) is 4.74 Å². The van der Waals surface area contributed by atoms with Gasteiger partial charge in [-0.25, -0.2) is 0 Å². The molecule has 1 fully saturated rings. The lowest BCUT2D eigenvalue weighted by molar-refractivity contribution is -0.121. The molecule has 0 aromatic rings. The Morgan fingerprint density at radius 3 is 2.89 bits per heavy atom. The highest BCUT2D eigenvalue weighted by Crippen LogP contribution is 2.11. The molecule has 19 heavy (non-hydrogen) atoms. The van der Waals surface area contributed by atoms with Gasteiger partial charge >= 0.3 is 0 Å². The molecule has 1 aliphatic rings. The second kappa shape index (κ2) is 9.61. The monoisotopic (exact) mass is 288 g/mol. The molecule has 2 unspecified atom stereocenters. The van der Waals surface area contributed by atoms with Gasteiger partial charge in [0.05, 0.1) is 6.10 Å². The first-order valence-corrected chi connectivity index (χ1v) is 8.48. The first-order chi connectivity index (χ1) is 9.13. The molecule has 0 radical (unpaired) electrons. The Hall–Kier alpha value is -0.260. The average Bonchev–Trinajstić information content (AvgIpc) is 2.38. The van der Waals surface area contributed by atoms with Crippen LogP contribution in [0.15, 0.2) is 0 Å². The first-order valence-electron chi connectivity index (χ1n) is 7.33. The van der Waals surface area contributed by atoms with Crippen molar-refractivity contribution in [2.75, 3.05) is 31.2 Å². The molecule has 1 heterocycles. The van der Waals surface area contributed by atoms with Crippen molar-refractivity contribution in [2.45, 2.75) is 45.8 Å². The fourth-order valence-electron chi connectivity index (χ4n) is 2.22. The number of rotatable bonds is 8. The minimum atomic E-state index is 0.152. The summed E-state index contributed by atoms with van der Waals surface area (Å²) in [6.07, 6.45) is 1.73. The van der Waals surface area contributed by atoms with E-state index in [2.05, 4.69) is 24.5 Å². The topological polar surface area (TPSA) is 50.4 Å². The van der Waals surface area contributed by atoms with Crippen LogP contribution < -0.4 is 10.6 Å². The molecule has 1 amide bonds. The number of amides is 1. The average molecular weight is 288 g/mol. The largest absolute Gasteiger partial charge is 0.378 e. The number of thioether (sulfide) groups is 1. The maximum Gasteiger partial charge on any atom is 0.221 e. The van der Waals surface area contributed by atoms with E-state index in [1.54, 1.807) is 0 Å². The Morgan fingerprint density at radius 2 is 2.32 bits per heavy atom. The number of ether oxygens (including phenoxy) is 1. The zero-order valence-corrected chi connectivity index (χ0v) is 13.2. The van der Waals surface area contributed by atoms with Crippen LogP contribution in [0.5, 0.6) is 0 Å². The molecular formula is C14H28N2O2S. The van der Waals surface area contributed by atoms with Crippen molar-refractivity contribution in [1.29, 1.82) is 0 Å². The lowest BCUT2D eigenvalue weighted by Crippen LogP contribution is -2.41. The predicted octanol–water partition coefficient (Wildman–Crippen LogP) is 1.65. The Balaban J connectivity index is 2.14. The summed E-state index contributed by atoms with van der Waals surface area (Å²) in [5.41, 5.74) is 0. The van der Waals surface area contributed by atoms with E-state index in [0.29, 0.717) is 24.9 Å². The minimum Gasteiger partial charge on any atom is -0.378 e. The maximum absolute atomic E-state index is 11.8. The van der Waals surface area contributed by atoms with E-state index in [1.165, 1.54) is 0 Å². The third kappa shape index (κ3) is 7.18. The Labute approximate surface area is 121 Å². The molecule has 1 rings (SSSR count). The van der Waals surface area contributed by atoms with Gasteiger partial charge in [-0.3, -0.25) is 4.79 Å². The van der Waals surface area contributed by atoms with Gasteiger partial charge in [0.2, 0.25) is 5.91 Å². The Bertz CT molecular complexity index is 256. The highest BCUT2D eigenvalue weighted by Gasteiger charge is 2.17. The third-order valence-electron chi connectivity index (χ3n) is 3.31. The summed E-state index contributed by atoms with van der Waals surface area (Å²) >= 11 is 1.92. The van der Waals surface area contributed by atoms with Gasteiger partial charge in [0.1, 0.15) is 0 Å². The fourth-order valence-corrected chi connectivity index (χ4v) is 3.17. The van der Waals surface area contributed by atoms with E-state index in [1.807, 2.05) is 18.7 Å². The van der Waals surface area contributed by atoms with Crippen LogP contribution in [0.25, 0.3) is 0 Å². The molecule has 112 valence electrons. The summed E-state index contributed by atoms with van der Waals surface area (Å²) < 4.78 is 5.67.